The lowest BCUT2D eigenvalue weighted by Crippen LogP contribution is -1.87. The van der Waals surface area contributed by atoms with Crippen LogP contribution in [0.4, 0.5) is 0 Å². The van der Waals surface area contributed by atoms with E-state index in [2.05, 4.69) is 168 Å². The zero-order chi connectivity index (χ0) is 41.3. The molecule has 2 aliphatic heterocycles. The van der Waals surface area contributed by atoms with Gasteiger partial charge in [-0.05, 0) is 109 Å². The summed E-state index contributed by atoms with van der Waals surface area (Å²) in [5.41, 5.74) is 9.29. The monoisotopic (exact) mass is 823 g/mol. The second kappa shape index (κ2) is 12.9. The molecule has 0 fully saturated rings. The summed E-state index contributed by atoms with van der Waals surface area (Å²) in [6.07, 6.45) is 0. The first-order chi connectivity index (χ1) is 31.1. The maximum atomic E-state index is 6.60. The van der Waals surface area contributed by atoms with Gasteiger partial charge in [0.25, 0.3) is 0 Å². The van der Waals surface area contributed by atoms with Crippen LogP contribution in [0.3, 0.4) is 0 Å². The topological polar surface area (TPSA) is 96.0 Å². The fraction of sp³-hybridized carbons (Fsp3) is 0. The number of fused-ring (bicyclic) bond motifs is 24. The highest BCUT2D eigenvalue weighted by Gasteiger charge is 2.26. The summed E-state index contributed by atoms with van der Waals surface area (Å²) in [6, 6.07) is 59.4. The summed E-state index contributed by atoms with van der Waals surface area (Å²) in [6.45, 7) is 0. The van der Waals surface area contributed by atoms with Crippen molar-refractivity contribution in [2.75, 3.05) is 0 Å². The van der Waals surface area contributed by atoms with E-state index in [0.29, 0.717) is 39.4 Å². The SMILES string of the molecule is Clc1ccc(-c2c3nc(nc4[nH]c(nc5nc(nc6[nH]c2c2cc7ccccc7cc62)-c2cc6ccccc6cc2-5)c2cc5ccccc5cc42)-c2cc4ccccc4cc2-3)cc1. The van der Waals surface area contributed by atoms with Crippen molar-refractivity contribution in [3.63, 3.8) is 0 Å². The van der Waals surface area contributed by atoms with E-state index >= 15 is 0 Å². The molecule has 7 nitrogen and oxygen atoms in total. The zero-order valence-corrected chi connectivity index (χ0v) is 34.0. The molecule has 0 saturated heterocycles. The average molecular weight is 824 g/mol. The predicted octanol–water partition coefficient (Wildman–Crippen LogP) is 14.4. The minimum absolute atomic E-state index is 0.574. The molecule has 2 aliphatic rings. The molecule has 9 aromatic carbocycles. The van der Waals surface area contributed by atoms with Gasteiger partial charge in [-0.3, -0.25) is 0 Å². The molecule has 14 rings (SSSR count). The van der Waals surface area contributed by atoms with E-state index in [-0.39, 0.29) is 0 Å². The molecule has 12 aromatic rings. The lowest BCUT2D eigenvalue weighted by molar-refractivity contribution is 1.21. The van der Waals surface area contributed by atoms with Gasteiger partial charge in [-0.25, -0.2) is 24.9 Å². The summed E-state index contributed by atoms with van der Waals surface area (Å²) >= 11 is 6.60. The second-order valence-electron chi connectivity index (χ2n) is 16.4. The van der Waals surface area contributed by atoms with E-state index < -0.39 is 0 Å². The van der Waals surface area contributed by atoms with E-state index in [1.807, 2.05) is 12.1 Å². The molecule has 2 N–H and O–H groups in total. The molecule has 0 saturated carbocycles. The molecule has 63 heavy (non-hydrogen) atoms. The molecule has 8 bridgehead atoms. The van der Waals surface area contributed by atoms with Crippen LogP contribution in [0.2, 0.25) is 5.02 Å². The predicted molar refractivity (Wildman–Crippen MR) is 259 cm³/mol. The molecule has 5 heterocycles. The van der Waals surface area contributed by atoms with Gasteiger partial charge in [0, 0.05) is 54.4 Å². The Morgan fingerprint density at radius 2 is 0.698 bits per heavy atom. The zero-order valence-electron chi connectivity index (χ0n) is 33.3. The first kappa shape index (κ1) is 34.5. The summed E-state index contributed by atoms with van der Waals surface area (Å²) in [5, 5.41) is 13.4. The maximum absolute atomic E-state index is 6.60. The molecule has 0 unspecified atom stereocenters. The van der Waals surface area contributed by atoms with Crippen molar-refractivity contribution in [1.82, 2.24) is 34.9 Å². The number of nitrogens with zero attached hydrogens (tertiary/aromatic N) is 5. The largest absolute Gasteiger partial charge is 0.339 e. The summed E-state index contributed by atoms with van der Waals surface area (Å²) in [5.74, 6) is 1.75. The standard InChI is InChI=1S/C55H30ClN7/c56-38-19-17-29(18-20-38)47-48-39-21-30-9-1-3-11-32(30)23-41(39)50(57-48)59-52-43-25-34-13-5-7-15-36(34)27-45(43)54(61-52)63-55-46-28-37-16-8-6-14-35(37)26-44(46)53(62-55)60-51-42-24-33-12-4-2-10-31(33)22-40(42)49(47)58-51/h1-28H,(H2,57,58,59,60,61,62,63). The van der Waals surface area contributed by atoms with Gasteiger partial charge in [0.15, 0.2) is 17.5 Å². The van der Waals surface area contributed by atoms with Crippen molar-refractivity contribution < 1.29 is 0 Å². The van der Waals surface area contributed by atoms with Gasteiger partial charge in [0.1, 0.15) is 16.9 Å². The summed E-state index contributed by atoms with van der Waals surface area (Å²) in [7, 11) is 0. The number of aromatic nitrogens is 7. The van der Waals surface area contributed by atoms with Gasteiger partial charge in [0.05, 0.1) is 11.2 Å². The van der Waals surface area contributed by atoms with Crippen LogP contribution in [0.15, 0.2) is 170 Å². The smallest absolute Gasteiger partial charge is 0.164 e. The number of halogens is 1. The molecule has 0 atom stereocenters. The molecule has 292 valence electrons. The van der Waals surface area contributed by atoms with Crippen molar-refractivity contribution in [3.05, 3.63) is 175 Å². The summed E-state index contributed by atoms with van der Waals surface area (Å²) in [4.78, 5) is 34.7. The molecule has 0 radical (unpaired) electrons. The van der Waals surface area contributed by atoms with Crippen molar-refractivity contribution in [3.8, 4) is 56.5 Å². The van der Waals surface area contributed by atoms with Crippen LogP contribution in [0, 0.1) is 0 Å². The Bertz CT molecular complexity index is 4170. The lowest BCUT2D eigenvalue weighted by Gasteiger charge is -2.09. The Morgan fingerprint density at radius 3 is 1.17 bits per heavy atom. The maximum Gasteiger partial charge on any atom is 0.164 e. The second-order valence-corrected chi connectivity index (χ2v) is 16.8. The van der Waals surface area contributed by atoms with Crippen molar-refractivity contribution in [1.29, 1.82) is 0 Å². The van der Waals surface area contributed by atoms with Crippen molar-refractivity contribution in [2.24, 2.45) is 0 Å². The Labute approximate surface area is 363 Å². The first-order valence-electron chi connectivity index (χ1n) is 20.9. The number of hydrogen-bond acceptors (Lipinski definition) is 5. The fourth-order valence-corrected chi connectivity index (χ4v) is 9.82. The molecular formula is C55H30ClN7. The van der Waals surface area contributed by atoms with Crippen LogP contribution in [-0.4, -0.2) is 34.9 Å². The van der Waals surface area contributed by atoms with Crippen LogP contribution in [0.1, 0.15) is 0 Å². The summed E-state index contributed by atoms with van der Waals surface area (Å²) < 4.78 is 0. The molecule has 3 aromatic heterocycles. The van der Waals surface area contributed by atoms with Crippen LogP contribution in [-0.2, 0) is 0 Å². The van der Waals surface area contributed by atoms with Crippen molar-refractivity contribution >= 4 is 98.7 Å². The normalized spacial score (nSPS) is 12.2. The van der Waals surface area contributed by atoms with E-state index in [4.69, 9.17) is 36.5 Å². The number of H-pyrrole nitrogens is 2. The third-order valence-electron chi connectivity index (χ3n) is 12.7. The highest BCUT2D eigenvalue weighted by atomic mass is 35.5. The number of nitrogens with one attached hydrogen (secondary N) is 2. The van der Waals surface area contributed by atoms with Gasteiger partial charge >= 0.3 is 0 Å². The van der Waals surface area contributed by atoms with Gasteiger partial charge in [-0.2, -0.15) is 0 Å². The van der Waals surface area contributed by atoms with Crippen LogP contribution >= 0.6 is 11.6 Å². The number of aromatic amines is 2. The number of rotatable bonds is 1. The lowest BCUT2D eigenvalue weighted by atomic mass is 9.94. The minimum Gasteiger partial charge on any atom is -0.339 e. The molecule has 8 heteroatoms. The van der Waals surface area contributed by atoms with Gasteiger partial charge in [-0.1, -0.05) is 121 Å². The van der Waals surface area contributed by atoms with E-state index in [1.54, 1.807) is 0 Å². The average Bonchev–Trinajstić information content (AvgIpc) is 4.04. The van der Waals surface area contributed by atoms with E-state index in [0.717, 1.165) is 109 Å². The Morgan fingerprint density at radius 1 is 0.333 bits per heavy atom. The third-order valence-corrected chi connectivity index (χ3v) is 13.0. The van der Waals surface area contributed by atoms with E-state index in [9.17, 15) is 0 Å². The minimum atomic E-state index is 0.574. The van der Waals surface area contributed by atoms with Gasteiger partial charge in [0.2, 0.25) is 0 Å². The number of hydrogen-bond donors (Lipinski definition) is 2. The van der Waals surface area contributed by atoms with E-state index in [1.165, 1.54) is 0 Å². The Hall–Kier alpha value is -8.26. The third kappa shape index (κ3) is 5.24. The molecular weight excluding hydrogens is 794 g/mol. The fourth-order valence-electron chi connectivity index (χ4n) is 9.70. The van der Waals surface area contributed by atoms with Crippen LogP contribution in [0.5, 0.6) is 0 Å². The number of benzene rings is 9. The quantitative estimate of drug-likeness (QED) is 0.172. The highest BCUT2D eigenvalue weighted by Crippen LogP contribution is 2.46. The Balaban J connectivity index is 1.24. The molecule has 0 spiro atoms. The van der Waals surface area contributed by atoms with Crippen molar-refractivity contribution in [2.45, 2.75) is 0 Å². The molecule has 0 aliphatic carbocycles. The van der Waals surface area contributed by atoms with Gasteiger partial charge in [-0.15, -0.1) is 0 Å². The van der Waals surface area contributed by atoms with Crippen LogP contribution < -0.4 is 0 Å². The molecule has 0 amide bonds. The van der Waals surface area contributed by atoms with Crippen LogP contribution in [0.25, 0.3) is 144 Å². The Kier molecular flexibility index (Phi) is 7.04. The van der Waals surface area contributed by atoms with Gasteiger partial charge < -0.3 is 9.97 Å². The first-order valence-corrected chi connectivity index (χ1v) is 21.3. The highest BCUT2D eigenvalue weighted by molar-refractivity contribution is 6.30.